The van der Waals surface area contributed by atoms with Crippen molar-refractivity contribution < 1.29 is 17.9 Å². The molecule has 6 nitrogen and oxygen atoms in total. The summed E-state index contributed by atoms with van der Waals surface area (Å²) in [5, 5.41) is 4.46. The fourth-order valence-corrected chi connectivity index (χ4v) is 3.51. The van der Waals surface area contributed by atoms with Crippen LogP contribution in [0.15, 0.2) is 41.4 Å². The van der Waals surface area contributed by atoms with Crippen LogP contribution in [0.5, 0.6) is 0 Å². The molecule has 0 fully saturated rings. The molecule has 1 unspecified atom stereocenters. The summed E-state index contributed by atoms with van der Waals surface area (Å²) in [4.78, 5) is 13.3. The SMILES string of the molecule is CCn1ccc(C2=C(c3ccc(S(C)(=O)=O)cc3)OC(C)(CC)C2=O)n1. The predicted molar refractivity (Wildman–Crippen MR) is 99.1 cm³/mol. The van der Waals surface area contributed by atoms with E-state index >= 15 is 0 Å². The molecule has 0 aliphatic carbocycles. The van der Waals surface area contributed by atoms with Crippen LogP contribution in [0.2, 0.25) is 0 Å². The first-order valence-corrected chi connectivity index (χ1v) is 10.4. The Hall–Kier alpha value is -2.41. The number of carbonyl (C=O) groups excluding carboxylic acids is 1. The predicted octanol–water partition coefficient (Wildman–Crippen LogP) is 2.94. The Morgan fingerprint density at radius 2 is 1.81 bits per heavy atom. The van der Waals surface area contributed by atoms with Gasteiger partial charge in [-0.15, -0.1) is 0 Å². The molecule has 0 N–H and O–H groups in total. The van der Waals surface area contributed by atoms with Crippen molar-refractivity contribution in [2.75, 3.05) is 6.26 Å². The lowest BCUT2D eigenvalue weighted by atomic mass is 9.92. The maximum Gasteiger partial charge on any atom is 0.212 e. The lowest BCUT2D eigenvalue weighted by Gasteiger charge is -2.21. The number of nitrogens with zero attached hydrogens (tertiary/aromatic N) is 2. The number of sulfone groups is 1. The van der Waals surface area contributed by atoms with Gasteiger partial charge in [0.1, 0.15) is 5.76 Å². The van der Waals surface area contributed by atoms with E-state index in [0.29, 0.717) is 35.6 Å². The third-order valence-electron chi connectivity index (χ3n) is 4.70. The number of rotatable bonds is 5. The fraction of sp³-hybridized carbons (Fsp3) is 0.368. The number of ketones is 1. The first kappa shape index (κ1) is 18.4. The van der Waals surface area contributed by atoms with Gasteiger partial charge in [-0.2, -0.15) is 5.10 Å². The molecule has 26 heavy (non-hydrogen) atoms. The van der Waals surface area contributed by atoms with E-state index in [-0.39, 0.29) is 10.7 Å². The molecule has 0 spiro atoms. The molecule has 0 saturated heterocycles. The van der Waals surface area contributed by atoms with E-state index in [9.17, 15) is 13.2 Å². The zero-order valence-electron chi connectivity index (χ0n) is 15.3. The second kappa shape index (κ2) is 6.39. The summed E-state index contributed by atoms with van der Waals surface area (Å²) in [6, 6.07) is 8.17. The Bertz CT molecular complexity index is 987. The second-order valence-electron chi connectivity index (χ2n) is 6.57. The third kappa shape index (κ3) is 3.07. The average Bonchev–Trinajstić information content (AvgIpc) is 3.18. The van der Waals surface area contributed by atoms with Crippen LogP contribution < -0.4 is 0 Å². The highest BCUT2D eigenvalue weighted by molar-refractivity contribution is 7.90. The Kier molecular flexibility index (Phi) is 4.52. The zero-order chi connectivity index (χ0) is 19.1. The molecule has 2 heterocycles. The van der Waals surface area contributed by atoms with E-state index in [4.69, 9.17) is 4.74 Å². The van der Waals surface area contributed by atoms with Crippen molar-refractivity contribution in [1.82, 2.24) is 9.78 Å². The highest BCUT2D eigenvalue weighted by Gasteiger charge is 2.45. The van der Waals surface area contributed by atoms with E-state index in [0.717, 1.165) is 6.26 Å². The smallest absolute Gasteiger partial charge is 0.212 e. The van der Waals surface area contributed by atoms with Crippen molar-refractivity contribution in [1.29, 1.82) is 0 Å². The maximum atomic E-state index is 13.0. The van der Waals surface area contributed by atoms with E-state index in [1.807, 2.05) is 20.0 Å². The van der Waals surface area contributed by atoms with Crippen LogP contribution >= 0.6 is 0 Å². The number of hydrogen-bond acceptors (Lipinski definition) is 5. The normalized spacial score (nSPS) is 20.5. The number of aromatic nitrogens is 2. The molecule has 7 heteroatoms. The summed E-state index contributed by atoms with van der Waals surface area (Å²) >= 11 is 0. The van der Waals surface area contributed by atoms with Crippen molar-refractivity contribution in [3.05, 3.63) is 47.8 Å². The van der Waals surface area contributed by atoms with Crippen LogP contribution in [0.25, 0.3) is 11.3 Å². The van der Waals surface area contributed by atoms with Crippen LogP contribution in [0.1, 0.15) is 38.4 Å². The minimum Gasteiger partial charge on any atom is -0.478 e. The van der Waals surface area contributed by atoms with Crippen LogP contribution in [-0.2, 0) is 25.9 Å². The maximum absolute atomic E-state index is 13.0. The summed E-state index contributed by atoms with van der Waals surface area (Å²) in [7, 11) is -3.29. The Morgan fingerprint density at radius 1 is 1.15 bits per heavy atom. The van der Waals surface area contributed by atoms with Gasteiger partial charge in [-0.3, -0.25) is 9.48 Å². The quantitative estimate of drug-likeness (QED) is 0.804. The molecule has 0 radical (unpaired) electrons. The van der Waals surface area contributed by atoms with Crippen molar-refractivity contribution in [2.45, 2.75) is 44.2 Å². The highest BCUT2D eigenvalue weighted by Crippen LogP contribution is 2.42. The molecule has 1 aliphatic heterocycles. The second-order valence-corrected chi connectivity index (χ2v) is 8.59. The van der Waals surface area contributed by atoms with Gasteiger partial charge in [0, 0.05) is 24.6 Å². The van der Waals surface area contributed by atoms with Gasteiger partial charge < -0.3 is 4.74 Å². The molecular weight excluding hydrogens is 352 g/mol. The van der Waals surface area contributed by atoms with Crippen molar-refractivity contribution >= 4 is 27.0 Å². The number of Topliss-reactive ketones (excluding diaryl/α,β-unsaturated/α-hetero) is 1. The Balaban J connectivity index is 2.14. The summed E-state index contributed by atoms with van der Waals surface area (Å²) in [6.07, 6.45) is 3.50. The van der Waals surface area contributed by atoms with Crippen LogP contribution in [-0.4, -0.2) is 35.8 Å². The number of carbonyl (C=O) groups is 1. The molecular formula is C19H22N2O4S. The van der Waals surface area contributed by atoms with Gasteiger partial charge in [-0.05, 0) is 50.6 Å². The van der Waals surface area contributed by atoms with Crippen LogP contribution in [0.3, 0.4) is 0 Å². The van der Waals surface area contributed by atoms with Crippen LogP contribution in [0.4, 0.5) is 0 Å². The van der Waals surface area contributed by atoms with Crippen molar-refractivity contribution in [3.63, 3.8) is 0 Å². The van der Waals surface area contributed by atoms with Gasteiger partial charge in [0.15, 0.2) is 15.4 Å². The summed E-state index contributed by atoms with van der Waals surface area (Å²) < 4.78 is 31.2. The highest BCUT2D eigenvalue weighted by atomic mass is 32.2. The molecule has 0 saturated carbocycles. The van der Waals surface area contributed by atoms with Gasteiger partial charge >= 0.3 is 0 Å². The summed E-state index contributed by atoms with van der Waals surface area (Å²) in [6.45, 7) is 6.34. The van der Waals surface area contributed by atoms with Crippen LogP contribution in [0, 0.1) is 0 Å². The summed E-state index contributed by atoms with van der Waals surface area (Å²) in [5.41, 5.74) is 0.713. The third-order valence-corrected chi connectivity index (χ3v) is 5.83. The van der Waals surface area contributed by atoms with Crippen molar-refractivity contribution in [3.8, 4) is 0 Å². The molecule has 1 aromatic heterocycles. The first-order valence-electron chi connectivity index (χ1n) is 8.52. The standard InChI is InChI=1S/C19H22N2O4S/c1-5-19(3)18(22)16(15-11-12-21(6-2)20-15)17(25-19)13-7-9-14(10-8-13)26(4,23)24/h7-12H,5-6H2,1-4H3. The molecule has 1 aliphatic rings. The molecule has 138 valence electrons. The molecule has 2 aromatic rings. The number of benzene rings is 1. The molecule has 1 atom stereocenters. The van der Waals surface area contributed by atoms with Gasteiger partial charge in [0.2, 0.25) is 5.78 Å². The number of ether oxygens (including phenoxy) is 1. The van der Waals surface area contributed by atoms with Gasteiger partial charge in [0.05, 0.1) is 16.2 Å². The zero-order valence-corrected chi connectivity index (χ0v) is 16.1. The van der Waals surface area contributed by atoms with Gasteiger partial charge in [-0.1, -0.05) is 6.92 Å². The molecule has 0 amide bonds. The molecule has 1 aromatic carbocycles. The lowest BCUT2D eigenvalue weighted by molar-refractivity contribution is -0.126. The topological polar surface area (TPSA) is 78.3 Å². The van der Waals surface area contributed by atoms with E-state index in [2.05, 4.69) is 5.10 Å². The molecule has 0 bridgehead atoms. The number of aryl methyl sites for hydroxylation is 1. The minimum absolute atomic E-state index is 0.108. The first-order chi connectivity index (χ1) is 12.2. The average molecular weight is 374 g/mol. The Labute approximate surface area is 153 Å². The number of hydrogen-bond donors (Lipinski definition) is 0. The minimum atomic E-state index is -3.29. The monoisotopic (exact) mass is 374 g/mol. The largest absolute Gasteiger partial charge is 0.478 e. The van der Waals surface area contributed by atoms with Crippen molar-refractivity contribution in [2.24, 2.45) is 0 Å². The fourth-order valence-electron chi connectivity index (χ4n) is 2.88. The van der Waals surface area contributed by atoms with Gasteiger partial charge in [0.25, 0.3) is 0 Å². The van der Waals surface area contributed by atoms with E-state index in [1.165, 1.54) is 12.1 Å². The van der Waals surface area contributed by atoms with E-state index in [1.54, 1.807) is 29.8 Å². The van der Waals surface area contributed by atoms with Gasteiger partial charge in [-0.25, -0.2) is 8.42 Å². The Morgan fingerprint density at radius 3 is 2.31 bits per heavy atom. The van der Waals surface area contributed by atoms with E-state index < -0.39 is 15.4 Å². The lowest BCUT2D eigenvalue weighted by Crippen LogP contribution is -2.32. The molecule has 3 rings (SSSR count). The summed E-state index contributed by atoms with van der Waals surface area (Å²) in [5.74, 6) is 0.337.